The smallest absolute Gasteiger partial charge is 0.139 e. The fourth-order valence-corrected chi connectivity index (χ4v) is 6.97. The second-order valence-electron chi connectivity index (χ2n) is 8.92. The average molecular weight is 306 g/mol. The van der Waals surface area contributed by atoms with E-state index in [0.717, 1.165) is 43.9 Å². The van der Waals surface area contributed by atoms with Crippen LogP contribution >= 0.6 is 0 Å². The molecule has 0 bridgehead atoms. The zero-order valence-electron chi connectivity index (χ0n) is 14.0. The molecule has 1 N–H and O–H groups in total. The minimum absolute atomic E-state index is 0.0184. The molecular formula is C19H30O3. The number of carbonyl (C=O) groups excluding carboxylic acids is 1. The third-order valence-electron chi connectivity index (χ3n) is 7.90. The molecule has 124 valence electrons. The van der Waals surface area contributed by atoms with Gasteiger partial charge in [0.25, 0.3) is 0 Å². The van der Waals surface area contributed by atoms with Crippen LogP contribution in [0.4, 0.5) is 0 Å². The molecule has 0 aromatic rings. The van der Waals surface area contributed by atoms with Gasteiger partial charge in [0.1, 0.15) is 5.78 Å². The van der Waals surface area contributed by atoms with Crippen molar-refractivity contribution in [2.24, 2.45) is 35.0 Å². The minimum Gasteiger partial charge on any atom is -0.387 e. The van der Waals surface area contributed by atoms with E-state index in [-0.39, 0.29) is 5.41 Å². The SMILES string of the molecule is COC[C@]1(O)C[C@H]2CC[C@@H]3[C@H](CC[C@]4(C)C(=O)CC[C@@H]34)[C@H]2C1. The topological polar surface area (TPSA) is 46.5 Å². The van der Waals surface area contributed by atoms with Crippen molar-refractivity contribution >= 4 is 5.78 Å². The van der Waals surface area contributed by atoms with Crippen LogP contribution in [0.15, 0.2) is 0 Å². The first kappa shape index (κ1) is 15.1. The maximum atomic E-state index is 12.4. The highest BCUT2D eigenvalue weighted by Crippen LogP contribution is 2.62. The van der Waals surface area contributed by atoms with Crippen LogP contribution in [0, 0.1) is 35.0 Å². The second-order valence-corrected chi connectivity index (χ2v) is 8.92. The van der Waals surface area contributed by atoms with Gasteiger partial charge in [-0.15, -0.1) is 0 Å². The summed E-state index contributed by atoms with van der Waals surface area (Å²) in [6.45, 7) is 2.72. The molecular weight excluding hydrogens is 276 g/mol. The van der Waals surface area contributed by atoms with Gasteiger partial charge in [0, 0.05) is 18.9 Å². The van der Waals surface area contributed by atoms with E-state index in [1.165, 1.54) is 19.3 Å². The Balaban J connectivity index is 1.56. The molecule has 0 aromatic carbocycles. The van der Waals surface area contributed by atoms with Crippen molar-refractivity contribution in [2.45, 2.75) is 63.9 Å². The molecule has 0 aromatic heterocycles. The zero-order chi connectivity index (χ0) is 15.5. The summed E-state index contributed by atoms with van der Waals surface area (Å²) in [5.41, 5.74) is -0.610. The van der Waals surface area contributed by atoms with E-state index in [9.17, 15) is 9.90 Å². The lowest BCUT2D eigenvalue weighted by Crippen LogP contribution is -2.46. The Morgan fingerprint density at radius 1 is 1.14 bits per heavy atom. The third-order valence-corrected chi connectivity index (χ3v) is 7.90. The fourth-order valence-electron chi connectivity index (χ4n) is 6.97. The maximum Gasteiger partial charge on any atom is 0.139 e. The molecule has 4 rings (SSSR count). The van der Waals surface area contributed by atoms with Gasteiger partial charge in [-0.1, -0.05) is 6.92 Å². The van der Waals surface area contributed by atoms with Gasteiger partial charge in [-0.25, -0.2) is 0 Å². The highest BCUT2D eigenvalue weighted by Gasteiger charge is 2.59. The molecule has 4 saturated carbocycles. The van der Waals surface area contributed by atoms with Crippen LogP contribution in [0.25, 0.3) is 0 Å². The Hall–Kier alpha value is -0.410. The molecule has 4 aliphatic rings. The molecule has 3 nitrogen and oxygen atoms in total. The number of aliphatic hydroxyl groups is 1. The van der Waals surface area contributed by atoms with E-state index in [4.69, 9.17) is 4.74 Å². The number of carbonyl (C=O) groups is 1. The van der Waals surface area contributed by atoms with Crippen molar-refractivity contribution in [1.29, 1.82) is 0 Å². The largest absolute Gasteiger partial charge is 0.387 e. The van der Waals surface area contributed by atoms with Gasteiger partial charge in [-0.3, -0.25) is 4.79 Å². The van der Waals surface area contributed by atoms with Crippen LogP contribution in [0.2, 0.25) is 0 Å². The van der Waals surface area contributed by atoms with Crippen molar-refractivity contribution in [3.8, 4) is 0 Å². The van der Waals surface area contributed by atoms with Gasteiger partial charge < -0.3 is 9.84 Å². The van der Waals surface area contributed by atoms with E-state index < -0.39 is 5.60 Å². The Morgan fingerprint density at radius 2 is 1.95 bits per heavy atom. The standard InChI is InChI=1S/C19H30O3/c1-18-8-7-13-14(16(18)5-6-17(18)20)4-3-12-9-19(21,11-22-2)10-15(12)13/h12-16,21H,3-11H2,1-2H3/t12-,13+,14-,15+,16+,18+,19+/m1/s1. The van der Waals surface area contributed by atoms with Crippen molar-refractivity contribution in [3.05, 3.63) is 0 Å². The summed E-state index contributed by atoms with van der Waals surface area (Å²) >= 11 is 0. The highest BCUT2D eigenvalue weighted by atomic mass is 16.5. The summed E-state index contributed by atoms with van der Waals surface area (Å²) < 4.78 is 5.28. The summed E-state index contributed by atoms with van der Waals surface area (Å²) in [7, 11) is 1.69. The molecule has 0 unspecified atom stereocenters. The number of rotatable bonds is 2. The highest BCUT2D eigenvalue weighted by molar-refractivity contribution is 5.87. The van der Waals surface area contributed by atoms with Gasteiger partial charge in [0.2, 0.25) is 0 Å². The van der Waals surface area contributed by atoms with Crippen LogP contribution in [0.1, 0.15) is 58.3 Å². The van der Waals surface area contributed by atoms with Crippen LogP contribution in [0.3, 0.4) is 0 Å². The molecule has 0 aliphatic heterocycles. The Kier molecular flexibility index (Phi) is 3.47. The maximum absolute atomic E-state index is 12.4. The Labute approximate surface area is 133 Å². The van der Waals surface area contributed by atoms with Gasteiger partial charge >= 0.3 is 0 Å². The molecule has 22 heavy (non-hydrogen) atoms. The Bertz CT molecular complexity index is 475. The summed E-state index contributed by atoms with van der Waals surface area (Å²) in [4.78, 5) is 12.4. The lowest BCUT2D eigenvalue weighted by molar-refractivity contribution is -0.132. The predicted octanol–water partition coefficient (Wildman–Crippen LogP) is 3.20. The summed E-state index contributed by atoms with van der Waals surface area (Å²) in [5, 5.41) is 10.8. The first-order valence-corrected chi connectivity index (χ1v) is 9.21. The summed E-state index contributed by atoms with van der Waals surface area (Å²) in [6, 6.07) is 0. The Morgan fingerprint density at radius 3 is 2.73 bits per heavy atom. The fraction of sp³-hybridized carbons (Fsp3) is 0.947. The summed E-state index contributed by atoms with van der Waals surface area (Å²) in [5.74, 6) is 3.98. The molecule has 3 heteroatoms. The van der Waals surface area contributed by atoms with Crippen LogP contribution < -0.4 is 0 Å². The van der Waals surface area contributed by atoms with Crippen molar-refractivity contribution in [3.63, 3.8) is 0 Å². The van der Waals surface area contributed by atoms with Gasteiger partial charge in [-0.05, 0) is 74.5 Å². The number of hydrogen-bond acceptors (Lipinski definition) is 3. The van der Waals surface area contributed by atoms with E-state index in [0.29, 0.717) is 30.1 Å². The van der Waals surface area contributed by atoms with Gasteiger partial charge in [0.05, 0.1) is 12.2 Å². The van der Waals surface area contributed by atoms with Crippen LogP contribution in [-0.4, -0.2) is 30.2 Å². The number of ketones is 1. The first-order valence-electron chi connectivity index (χ1n) is 9.21. The number of Topliss-reactive ketones (excluding diaryl/α,β-unsaturated/α-hetero) is 1. The van der Waals surface area contributed by atoms with Crippen molar-refractivity contribution in [1.82, 2.24) is 0 Å². The molecule has 0 amide bonds. The predicted molar refractivity (Wildman–Crippen MR) is 84.3 cm³/mol. The lowest BCUT2D eigenvalue weighted by Gasteiger charge is -2.51. The van der Waals surface area contributed by atoms with E-state index in [1.807, 2.05) is 0 Å². The molecule has 4 fully saturated rings. The second kappa shape index (κ2) is 5.04. The molecule has 0 radical (unpaired) electrons. The number of methoxy groups -OCH3 is 1. The van der Waals surface area contributed by atoms with Gasteiger partial charge in [-0.2, -0.15) is 0 Å². The molecule has 7 atom stereocenters. The number of hydrogen-bond donors (Lipinski definition) is 1. The van der Waals surface area contributed by atoms with E-state index in [1.54, 1.807) is 7.11 Å². The van der Waals surface area contributed by atoms with Crippen LogP contribution in [0.5, 0.6) is 0 Å². The average Bonchev–Trinajstić information content (AvgIpc) is 2.96. The van der Waals surface area contributed by atoms with E-state index in [2.05, 4.69) is 6.92 Å². The number of ether oxygens (including phenoxy) is 1. The molecule has 0 heterocycles. The first-order chi connectivity index (χ1) is 10.5. The van der Waals surface area contributed by atoms with E-state index >= 15 is 0 Å². The third kappa shape index (κ3) is 2.04. The quantitative estimate of drug-likeness (QED) is 0.852. The van der Waals surface area contributed by atoms with Crippen molar-refractivity contribution < 1.29 is 14.6 Å². The molecule has 4 aliphatic carbocycles. The summed E-state index contributed by atoms with van der Waals surface area (Å²) in [6.07, 6.45) is 8.60. The van der Waals surface area contributed by atoms with Crippen molar-refractivity contribution in [2.75, 3.05) is 13.7 Å². The zero-order valence-corrected chi connectivity index (χ0v) is 14.0. The lowest BCUT2D eigenvalue weighted by atomic mass is 9.53. The monoisotopic (exact) mass is 306 g/mol. The van der Waals surface area contributed by atoms with Crippen LogP contribution in [-0.2, 0) is 9.53 Å². The molecule has 0 saturated heterocycles. The van der Waals surface area contributed by atoms with Gasteiger partial charge in [0.15, 0.2) is 0 Å². The molecule has 0 spiro atoms. The number of fused-ring (bicyclic) bond motifs is 5. The minimum atomic E-state index is -0.592. The normalized spacial score (nSPS) is 54.0.